The van der Waals surface area contributed by atoms with Gasteiger partial charge in [-0.05, 0) is 17.9 Å². The van der Waals surface area contributed by atoms with Crippen LogP contribution in [0.1, 0.15) is 22.3 Å². The van der Waals surface area contributed by atoms with E-state index in [0.717, 1.165) is 23.2 Å². The van der Waals surface area contributed by atoms with Gasteiger partial charge >= 0.3 is 0 Å². The summed E-state index contributed by atoms with van der Waals surface area (Å²) in [5, 5.41) is 11.4. The van der Waals surface area contributed by atoms with Gasteiger partial charge in [0.05, 0.1) is 13.3 Å². The fourth-order valence-corrected chi connectivity index (χ4v) is 3.88. The van der Waals surface area contributed by atoms with Crippen LogP contribution in [0.4, 0.5) is 0 Å². The molecule has 1 spiro atoms. The molecule has 1 aromatic carbocycles. The topological polar surface area (TPSA) is 69.6 Å². The van der Waals surface area contributed by atoms with Crippen LogP contribution in [0.15, 0.2) is 36.0 Å². The maximum absolute atomic E-state index is 12.3. The summed E-state index contributed by atoms with van der Waals surface area (Å²) in [6.07, 6.45) is 2.65. The Morgan fingerprint density at radius 2 is 2.24 bits per heavy atom. The van der Waals surface area contributed by atoms with Gasteiger partial charge in [0.15, 0.2) is 5.78 Å². The zero-order valence-electron chi connectivity index (χ0n) is 11.5. The number of rotatable bonds is 3. The quantitative estimate of drug-likeness (QED) is 0.789. The number of hydrogen-bond donors (Lipinski definition) is 2. The molecule has 1 saturated heterocycles. The Morgan fingerprint density at radius 1 is 1.43 bits per heavy atom. The van der Waals surface area contributed by atoms with E-state index in [1.165, 1.54) is 0 Å². The standard InChI is InChI=1S/C16H16N2O3/c19-9-17-7-15(21)18-8-10-6-16(10)12-4-2-1-3-11(12)13(20)5-14(16)18/h1-5,10,17,19H,6-9H2/t10-,16?/m1/s1. The number of piperidine rings is 1. The zero-order valence-corrected chi connectivity index (χ0v) is 11.5. The number of carbonyl (C=O) groups excluding carboxylic acids is 2. The van der Waals surface area contributed by atoms with Crippen LogP contribution in [0.25, 0.3) is 0 Å². The van der Waals surface area contributed by atoms with E-state index < -0.39 is 0 Å². The molecule has 4 rings (SSSR count). The summed E-state index contributed by atoms with van der Waals surface area (Å²) in [4.78, 5) is 26.3. The first-order valence-electron chi connectivity index (χ1n) is 7.16. The maximum Gasteiger partial charge on any atom is 0.240 e. The molecule has 1 aliphatic heterocycles. The average molecular weight is 284 g/mol. The summed E-state index contributed by atoms with van der Waals surface area (Å²) in [5.41, 5.74) is 2.56. The van der Waals surface area contributed by atoms with E-state index in [9.17, 15) is 9.59 Å². The van der Waals surface area contributed by atoms with Crippen molar-refractivity contribution in [3.8, 4) is 0 Å². The molecule has 2 N–H and O–H groups in total. The first kappa shape index (κ1) is 12.7. The Labute approximate surface area is 122 Å². The molecule has 108 valence electrons. The number of carbonyl (C=O) groups is 2. The molecule has 3 aliphatic rings. The molecular formula is C16H16N2O3. The molecule has 1 unspecified atom stereocenters. The lowest BCUT2D eigenvalue weighted by atomic mass is 9.81. The van der Waals surface area contributed by atoms with Crippen LogP contribution < -0.4 is 5.32 Å². The van der Waals surface area contributed by atoms with Crippen LogP contribution in [0.2, 0.25) is 0 Å². The number of benzene rings is 1. The fourth-order valence-electron chi connectivity index (χ4n) is 3.88. The molecule has 2 fully saturated rings. The van der Waals surface area contributed by atoms with Crippen LogP contribution in [0.3, 0.4) is 0 Å². The second kappa shape index (κ2) is 4.26. The predicted molar refractivity (Wildman–Crippen MR) is 75.4 cm³/mol. The number of aliphatic hydroxyl groups excluding tert-OH is 1. The van der Waals surface area contributed by atoms with Crippen LogP contribution in [-0.2, 0) is 10.2 Å². The summed E-state index contributed by atoms with van der Waals surface area (Å²) in [6, 6.07) is 7.72. The van der Waals surface area contributed by atoms with Crippen molar-refractivity contribution in [1.29, 1.82) is 0 Å². The number of nitrogens with one attached hydrogen (secondary N) is 1. The van der Waals surface area contributed by atoms with E-state index in [-0.39, 0.29) is 30.4 Å². The van der Waals surface area contributed by atoms with E-state index in [4.69, 9.17) is 5.11 Å². The third-order valence-corrected chi connectivity index (χ3v) is 4.89. The lowest BCUT2D eigenvalue weighted by Gasteiger charge is -2.29. The highest BCUT2D eigenvalue weighted by Crippen LogP contribution is 2.66. The second-order valence-electron chi connectivity index (χ2n) is 5.90. The molecule has 5 heteroatoms. The van der Waals surface area contributed by atoms with Crippen molar-refractivity contribution in [2.24, 2.45) is 5.92 Å². The Bertz CT molecular complexity index is 682. The van der Waals surface area contributed by atoms with Crippen LogP contribution in [-0.4, -0.2) is 41.5 Å². The number of likely N-dealkylation sites (tertiary alicyclic amines) is 1. The zero-order chi connectivity index (χ0) is 14.6. The molecule has 1 saturated carbocycles. The monoisotopic (exact) mass is 284 g/mol. The van der Waals surface area contributed by atoms with Crippen molar-refractivity contribution < 1.29 is 14.7 Å². The number of amides is 1. The first-order chi connectivity index (χ1) is 10.2. The van der Waals surface area contributed by atoms with E-state index in [1.54, 1.807) is 11.0 Å². The van der Waals surface area contributed by atoms with Crippen molar-refractivity contribution in [3.63, 3.8) is 0 Å². The van der Waals surface area contributed by atoms with E-state index >= 15 is 0 Å². The van der Waals surface area contributed by atoms with Gasteiger partial charge in [-0.15, -0.1) is 0 Å². The summed E-state index contributed by atoms with van der Waals surface area (Å²) >= 11 is 0. The van der Waals surface area contributed by atoms with Crippen molar-refractivity contribution in [2.75, 3.05) is 19.8 Å². The molecule has 0 aromatic heterocycles. The number of nitrogens with zero attached hydrogens (tertiary/aromatic N) is 1. The first-order valence-corrected chi connectivity index (χ1v) is 7.16. The van der Waals surface area contributed by atoms with E-state index in [0.29, 0.717) is 12.5 Å². The normalized spacial score (nSPS) is 28.6. The largest absolute Gasteiger partial charge is 0.381 e. The van der Waals surface area contributed by atoms with Gasteiger partial charge in [-0.25, -0.2) is 0 Å². The summed E-state index contributed by atoms with van der Waals surface area (Å²) in [5.74, 6) is 0.303. The van der Waals surface area contributed by atoms with Gasteiger partial charge in [0.25, 0.3) is 0 Å². The van der Waals surface area contributed by atoms with Gasteiger partial charge < -0.3 is 10.0 Å². The van der Waals surface area contributed by atoms with Gasteiger partial charge in [-0.3, -0.25) is 14.9 Å². The molecule has 1 amide bonds. The van der Waals surface area contributed by atoms with E-state index in [1.807, 2.05) is 24.3 Å². The Hall–Kier alpha value is -1.98. The number of hydrogen-bond acceptors (Lipinski definition) is 4. The van der Waals surface area contributed by atoms with Gasteiger partial charge in [0.2, 0.25) is 5.91 Å². The summed E-state index contributed by atoms with van der Waals surface area (Å²) in [7, 11) is 0. The van der Waals surface area contributed by atoms with Crippen LogP contribution >= 0.6 is 0 Å². The van der Waals surface area contributed by atoms with Gasteiger partial charge in [-0.2, -0.15) is 0 Å². The maximum atomic E-state index is 12.3. The van der Waals surface area contributed by atoms with Crippen molar-refractivity contribution >= 4 is 11.7 Å². The second-order valence-corrected chi connectivity index (χ2v) is 5.90. The van der Waals surface area contributed by atoms with Gasteiger partial charge in [0.1, 0.15) is 0 Å². The third kappa shape index (κ3) is 1.58. The molecule has 2 aliphatic carbocycles. The number of allylic oxidation sites excluding steroid dienone is 2. The Kier molecular flexibility index (Phi) is 2.58. The van der Waals surface area contributed by atoms with Crippen molar-refractivity contribution in [2.45, 2.75) is 11.8 Å². The van der Waals surface area contributed by atoms with Crippen molar-refractivity contribution in [1.82, 2.24) is 10.2 Å². The average Bonchev–Trinajstić information content (AvgIpc) is 3.13. The molecule has 1 heterocycles. The minimum absolute atomic E-state index is 0.0216. The van der Waals surface area contributed by atoms with Gasteiger partial charge in [0, 0.05) is 29.3 Å². The lowest BCUT2D eigenvalue weighted by Crippen LogP contribution is -2.39. The summed E-state index contributed by atoms with van der Waals surface area (Å²) in [6.45, 7) is 0.529. The molecule has 0 bridgehead atoms. The predicted octanol–water partition coefficient (Wildman–Crippen LogP) is 0.406. The third-order valence-electron chi connectivity index (χ3n) is 4.89. The lowest BCUT2D eigenvalue weighted by molar-refractivity contribution is -0.128. The van der Waals surface area contributed by atoms with Crippen LogP contribution in [0.5, 0.6) is 0 Å². The van der Waals surface area contributed by atoms with Crippen LogP contribution in [0, 0.1) is 5.92 Å². The number of aliphatic hydroxyl groups is 1. The highest BCUT2D eigenvalue weighted by molar-refractivity contribution is 6.09. The minimum atomic E-state index is -0.227. The minimum Gasteiger partial charge on any atom is -0.381 e. The summed E-state index contributed by atoms with van der Waals surface area (Å²) < 4.78 is 0. The highest BCUT2D eigenvalue weighted by atomic mass is 16.3. The van der Waals surface area contributed by atoms with E-state index in [2.05, 4.69) is 5.32 Å². The number of ketones is 1. The molecule has 0 radical (unpaired) electrons. The molecular weight excluding hydrogens is 268 g/mol. The molecule has 5 nitrogen and oxygen atoms in total. The highest BCUT2D eigenvalue weighted by Gasteiger charge is 2.67. The molecule has 1 aromatic rings. The number of fused-ring (bicyclic) bond motifs is 1. The Balaban J connectivity index is 1.73. The molecule has 21 heavy (non-hydrogen) atoms. The molecule has 2 atom stereocenters. The van der Waals surface area contributed by atoms with Gasteiger partial charge in [-0.1, -0.05) is 24.3 Å². The fraction of sp³-hybridized carbons (Fsp3) is 0.375. The smallest absolute Gasteiger partial charge is 0.240 e. The SMILES string of the molecule is O=C1C=C2N(C(=O)CNCO)C[C@H]3CC23c2ccccc21. The van der Waals surface area contributed by atoms with Crippen molar-refractivity contribution in [3.05, 3.63) is 47.2 Å². The Morgan fingerprint density at radius 3 is 3.05 bits per heavy atom.